The lowest BCUT2D eigenvalue weighted by molar-refractivity contribution is 0.0716. The van der Waals surface area contributed by atoms with Crippen LogP contribution >= 0.6 is 11.6 Å². The van der Waals surface area contributed by atoms with Gasteiger partial charge in [0.2, 0.25) is 0 Å². The standard InChI is InChI=1S/C22H27ClF2N4/c1-15-12-26-20(27-13-15)21(3,4)28-14-22(25)7-9-29(10-8-22)16(2)17-5-6-19(24)18(23)11-17/h5-6,11-13,28H,2,7-10,14H2,1,3-4H3. The van der Waals surface area contributed by atoms with E-state index < -0.39 is 17.0 Å². The van der Waals surface area contributed by atoms with Crippen molar-refractivity contribution in [3.05, 3.63) is 65.0 Å². The molecule has 7 heteroatoms. The first-order valence-electron chi connectivity index (χ1n) is 9.72. The quantitative estimate of drug-likeness (QED) is 0.723. The van der Waals surface area contributed by atoms with Gasteiger partial charge in [-0.1, -0.05) is 18.2 Å². The molecule has 0 bridgehead atoms. The van der Waals surface area contributed by atoms with Gasteiger partial charge in [0.05, 0.1) is 10.6 Å². The van der Waals surface area contributed by atoms with Crippen LogP contribution in [0.5, 0.6) is 0 Å². The highest BCUT2D eigenvalue weighted by Gasteiger charge is 2.37. The van der Waals surface area contributed by atoms with Crippen molar-refractivity contribution in [3.63, 3.8) is 0 Å². The molecule has 3 rings (SSSR count). The average Bonchev–Trinajstić information content (AvgIpc) is 2.69. The Bertz CT molecular complexity index is 875. The van der Waals surface area contributed by atoms with E-state index in [1.54, 1.807) is 24.5 Å². The highest BCUT2D eigenvalue weighted by Crippen LogP contribution is 2.32. The molecule has 156 valence electrons. The second-order valence-electron chi connectivity index (χ2n) is 8.28. The molecule has 2 heterocycles. The summed E-state index contributed by atoms with van der Waals surface area (Å²) in [6.45, 7) is 11.2. The van der Waals surface area contributed by atoms with Gasteiger partial charge in [0, 0.05) is 50.6 Å². The van der Waals surface area contributed by atoms with Crippen molar-refractivity contribution < 1.29 is 8.78 Å². The number of aryl methyl sites for hydroxylation is 1. The molecular weight excluding hydrogens is 394 g/mol. The van der Waals surface area contributed by atoms with Crippen LogP contribution in [0.1, 0.15) is 43.6 Å². The first-order chi connectivity index (χ1) is 13.6. The normalized spacial score (nSPS) is 16.7. The SMILES string of the molecule is C=C(c1ccc(F)c(Cl)c1)N1CCC(F)(CNC(C)(C)c2ncc(C)cn2)CC1. The van der Waals surface area contributed by atoms with Gasteiger partial charge in [-0.3, -0.25) is 0 Å². The fourth-order valence-corrected chi connectivity index (χ4v) is 3.57. The topological polar surface area (TPSA) is 41.0 Å². The fourth-order valence-electron chi connectivity index (χ4n) is 3.39. The van der Waals surface area contributed by atoms with Crippen LogP contribution in [-0.4, -0.2) is 40.2 Å². The minimum Gasteiger partial charge on any atom is -0.371 e. The van der Waals surface area contributed by atoms with E-state index in [1.807, 2.05) is 25.7 Å². The van der Waals surface area contributed by atoms with Crippen LogP contribution in [0.2, 0.25) is 5.02 Å². The number of halogens is 3. The van der Waals surface area contributed by atoms with Crippen LogP contribution < -0.4 is 5.32 Å². The molecule has 0 unspecified atom stereocenters. The van der Waals surface area contributed by atoms with Gasteiger partial charge < -0.3 is 10.2 Å². The fraction of sp³-hybridized carbons (Fsp3) is 0.455. The summed E-state index contributed by atoms with van der Waals surface area (Å²) in [6, 6.07) is 4.53. The Balaban J connectivity index is 1.58. The van der Waals surface area contributed by atoms with Crippen LogP contribution in [0.15, 0.2) is 37.2 Å². The molecule has 1 aromatic heterocycles. The largest absolute Gasteiger partial charge is 0.371 e. The zero-order chi connectivity index (χ0) is 21.2. The number of nitrogens with one attached hydrogen (secondary N) is 1. The van der Waals surface area contributed by atoms with E-state index in [4.69, 9.17) is 11.6 Å². The molecule has 1 fully saturated rings. The maximum absolute atomic E-state index is 15.4. The third-order valence-electron chi connectivity index (χ3n) is 5.48. The van der Waals surface area contributed by atoms with E-state index in [-0.39, 0.29) is 11.6 Å². The third-order valence-corrected chi connectivity index (χ3v) is 5.77. The Kier molecular flexibility index (Phi) is 6.24. The summed E-state index contributed by atoms with van der Waals surface area (Å²) < 4.78 is 28.8. The molecule has 29 heavy (non-hydrogen) atoms. The molecule has 1 aliphatic rings. The summed E-state index contributed by atoms with van der Waals surface area (Å²) in [4.78, 5) is 10.8. The second kappa shape index (κ2) is 8.36. The highest BCUT2D eigenvalue weighted by molar-refractivity contribution is 6.30. The molecule has 4 nitrogen and oxygen atoms in total. The summed E-state index contributed by atoms with van der Waals surface area (Å²) in [5, 5.41) is 3.35. The van der Waals surface area contributed by atoms with Gasteiger partial charge in [0.1, 0.15) is 17.3 Å². The van der Waals surface area contributed by atoms with E-state index in [0.29, 0.717) is 31.8 Å². The number of benzene rings is 1. The Morgan fingerprint density at radius 3 is 2.48 bits per heavy atom. The monoisotopic (exact) mass is 420 g/mol. The predicted molar refractivity (Wildman–Crippen MR) is 113 cm³/mol. The highest BCUT2D eigenvalue weighted by atomic mass is 35.5. The molecule has 1 aromatic carbocycles. The number of likely N-dealkylation sites (tertiary alicyclic amines) is 1. The van der Waals surface area contributed by atoms with E-state index in [9.17, 15) is 4.39 Å². The van der Waals surface area contributed by atoms with Gasteiger partial charge in [-0.15, -0.1) is 0 Å². The van der Waals surface area contributed by atoms with E-state index in [0.717, 1.165) is 16.8 Å². The van der Waals surface area contributed by atoms with Gasteiger partial charge in [0.15, 0.2) is 0 Å². The smallest absolute Gasteiger partial charge is 0.147 e. The van der Waals surface area contributed by atoms with Crippen molar-refractivity contribution in [1.29, 1.82) is 0 Å². The third kappa shape index (κ3) is 5.11. The molecule has 0 atom stereocenters. The maximum atomic E-state index is 15.4. The number of rotatable bonds is 6. The van der Waals surface area contributed by atoms with Crippen molar-refractivity contribution in [3.8, 4) is 0 Å². The van der Waals surface area contributed by atoms with Crippen LogP contribution in [0.25, 0.3) is 5.70 Å². The molecule has 0 amide bonds. The van der Waals surface area contributed by atoms with Crippen LogP contribution in [0.4, 0.5) is 8.78 Å². The Morgan fingerprint density at radius 1 is 1.28 bits per heavy atom. The number of hydrogen-bond donors (Lipinski definition) is 1. The second-order valence-corrected chi connectivity index (χ2v) is 8.68. The molecule has 0 spiro atoms. The molecule has 0 aliphatic carbocycles. The molecule has 1 aliphatic heterocycles. The Labute approximate surface area is 176 Å². The number of nitrogens with zero attached hydrogens (tertiary/aromatic N) is 3. The first-order valence-corrected chi connectivity index (χ1v) is 10.1. The summed E-state index contributed by atoms with van der Waals surface area (Å²) in [5.41, 5.74) is 0.618. The number of piperidine rings is 1. The number of hydrogen-bond acceptors (Lipinski definition) is 4. The van der Waals surface area contributed by atoms with Gasteiger partial charge in [0.25, 0.3) is 0 Å². The van der Waals surface area contributed by atoms with Crippen molar-refractivity contribution in [2.75, 3.05) is 19.6 Å². The van der Waals surface area contributed by atoms with Gasteiger partial charge in [-0.05, 0) is 50.1 Å². The molecule has 0 saturated carbocycles. The summed E-state index contributed by atoms with van der Waals surface area (Å²) in [5.74, 6) is 0.182. The minimum absolute atomic E-state index is 0.0604. The maximum Gasteiger partial charge on any atom is 0.147 e. The lowest BCUT2D eigenvalue weighted by Crippen LogP contribution is -2.50. The van der Waals surface area contributed by atoms with Crippen LogP contribution in [0.3, 0.4) is 0 Å². The van der Waals surface area contributed by atoms with E-state index >= 15 is 4.39 Å². The predicted octanol–water partition coefficient (Wildman–Crippen LogP) is 4.88. The zero-order valence-corrected chi connectivity index (χ0v) is 17.9. The Morgan fingerprint density at radius 2 is 1.90 bits per heavy atom. The number of alkyl halides is 1. The molecule has 0 radical (unpaired) electrons. The molecule has 1 saturated heterocycles. The number of aromatic nitrogens is 2. The summed E-state index contributed by atoms with van der Waals surface area (Å²) >= 11 is 5.87. The molecular formula is C22H27ClF2N4. The minimum atomic E-state index is -1.32. The van der Waals surface area contributed by atoms with Gasteiger partial charge >= 0.3 is 0 Å². The van der Waals surface area contributed by atoms with E-state index in [2.05, 4.69) is 21.9 Å². The molecule has 2 aromatic rings. The lowest BCUT2D eigenvalue weighted by atomic mass is 9.91. The van der Waals surface area contributed by atoms with Gasteiger partial charge in [-0.25, -0.2) is 18.7 Å². The average molecular weight is 421 g/mol. The summed E-state index contributed by atoms with van der Waals surface area (Å²) in [6.07, 6.45) is 4.28. The van der Waals surface area contributed by atoms with E-state index in [1.165, 1.54) is 6.07 Å². The van der Waals surface area contributed by atoms with Gasteiger partial charge in [-0.2, -0.15) is 0 Å². The Hall–Kier alpha value is -2.05. The molecule has 1 N–H and O–H groups in total. The first kappa shape index (κ1) is 21.7. The lowest BCUT2D eigenvalue weighted by Gasteiger charge is -2.40. The van der Waals surface area contributed by atoms with Crippen molar-refractivity contribution in [2.24, 2.45) is 0 Å². The van der Waals surface area contributed by atoms with Crippen LogP contribution in [-0.2, 0) is 5.54 Å². The van der Waals surface area contributed by atoms with Crippen molar-refractivity contribution in [1.82, 2.24) is 20.2 Å². The van der Waals surface area contributed by atoms with Crippen LogP contribution in [0, 0.1) is 12.7 Å². The summed E-state index contributed by atoms with van der Waals surface area (Å²) in [7, 11) is 0. The van der Waals surface area contributed by atoms with Crippen molar-refractivity contribution in [2.45, 2.75) is 44.8 Å². The van der Waals surface area contributed by atoms with Crippen molar-refractivity contribution >= 4 is 17.3 Å². The zero-order valence-electron chi connectivity index (χ0n) is 17.1.